The molecule has 21 heavy (non-hydrogen) atoms. The number of halogens is 3. The second kappa shape index (κ2) is 6.44. The maximum Gasteiger partial charge on any atom is 0.241 e. The van der Waals surface area contributed by atoms with E-state index in [0.717, 1.165) is 6.07 Å². The first kappa shape index (κ1) is 16.4. The minimum absolute atomic E-state index is 0.137. The lowest BCUT2D eigenvalue weighted by atomic mass is 10.1. The van der Waals surface area contributed by atoms with E-state index < -0.39 is 21.9 Å². The van der Waals surface area contributed by atoms with Crippen LogP contribution in [-0.2, 0) is 10.0 Å². The smallest absolute Gasteiger partial charge is 0.207 e. The molecular formula is C14H12BrClFNO2S. The number of rotatable bonds is 4. The molecule has 7 heteroatoms. The Morgan fingerprint density at radius 2 is 1.90 bits per heavy atom. The Labute approximate surface area is 136 Å². The molecule has 0 aliphatic rings. The van der Waals surface area contributed by atoms with Crippen LogP contribution < -0.4 is 4.72 Å². The van der Waals surface area contributed by atoms with Crippen LogP contribution in [0.2, 0.25) is 5.02 Å². The molecule has 0 spiro atoms. The standard InChI is InChI=1S/C14H12BrClFNO2S/c1-9(11-4-2-3-5-13(11)16)18-21(19,20)10-6-7-12(15)14(17)8-10/h2-9,18H,1H3. The van der Waals surface area contributed by atoms with E-state index >= 15 is 0 Å². The molecule has 0 fully saturated rings. The van der Waals surface area contributed by atoms with Gasteiger partial charge in [-0.05, 0) is 52.7 Å². The van der Waals surface area contributed by atoms with E-state index in [1.807, 2.05) is 0 Å². The summed E-state index contributed by atoms with van der Waals surface area (Å²) in [6.45, 7) is 1.67. The fourth-order valence-electron chi connectivity index (χ4n) is 1.83. The Balaban J connectivity index is 2.29. The molecule has 0 bridgehead atoms. The van der Waals surface area contributed by atoms with Crippen LogP contribution in [0.15, 0.2) is 51.8 Å². The third-order valence-electron chi connectivity index (χ3n) is 2.91. The first-order valence-electron chi connectivity index (χ1n) is 6.03. The summed E-state index contributed by atoms with van der Waals surface area (Å²) in [5, 5.41) is 0.467. The Bertz CT molecular complexity index is 767. The maximum atomic E-state index is 13.5. The summed E-state index contributed by atoms with van der Waals surface area (Å²) in [7, 11) is -3.83. The van der Waals surface area contributed by atoms with Crippen LogP contribution in [0.1, 0.15) is 18.5 Å². The second-order valence-electron chi connectivity index (χ2n) is 4.44. The van der Waals surface area contributed by atoms with Crippen molar-refractivity contribution >= 4 is 37.6 Å². The summed E-state index contributed by atoms with van der Waals surface area (Å²) in [6, 6.07) is 10.1. The Morgan fingerprint density at radius 3 is 2.52 bits per heavy atom. The van der Waals surface area contributed by atoms with Gasteiger partial charge >= 0.3 is 0 Å². The quantitative estimate of drug-likeness (QED) is 0.844. The molecule has 0 radical (unpaired) electrons. The highest BCUT2D eigenvalue weighted by atomic mass is 79.9. The van der Waals surface area contributed by atoms with Gasteiger partial charge in [-0.15, -0.1) is 0 Å². The summed E-state index contributed by atoms with van der Waals surface area (Å²) in [5.41, 5.74) is 0.653. The third kappa shape index (κ3) is 3.83. The van der Waals surface area contributed by atoms with Gasteiger partial charge in [0.2, 0.25) is 10.0 Å². The molecule has 0 aromatic heterocycles. The van der Waals surface area contributed by atoms with Crippen LogP contribution in [0, 0.1) is 5.82 Å². The Kier molecular flexibility index (Phi) is 5.03. The fraction of sp³-hybridized carbons (Fsp3) is 0.143. The predicted molar refractivity (Wildman–Crippen MR) is 84.3 cm³/mol. The van der Waals surface area contributed by atoms with Crippen molar-refractivity contribution in [1.29, 1.82) is 0 Å². The van der Waals surface area contributed by atoms with Gasteiger partial charge in [0.25, 0.3) is 0 Å². The third-order valence-corrected chi connectivity index (χ3v) is 5.43. The van der Waals surface area contributed by atoms with Gasteiger partial charge in [-0.3, -0.25) is 0 Å². The topological polar surface area (TPSA) is 46.2 Å². The fourth-order valence-corrected chi connectivity index (χ4v) is 3.61. The molecule has 112 valence electrons. The van der Waals surface area contributed by atoms with E-state index in [0.29, 0.717) is 10.6 Å². The molecule has 0 saturated heterocycles. The monoisotopic (exact) mass is 391 g/mol. The molecule has 1 atom stereocenters. The van der Waals surface area contributed by atoms with Crippen LogP contribution in [0.25, 0.3) is 0 Å². The molecule has 0 aliphatic carbocycles. The van der Waals surface area contributed by atoms with Crippen molar-refractivity contribution in [2.24, 2.45) is 0 Å². The van der Waals surface area contributed by atoms with E-state index in [2.05, 4.69) is 20.7 Å². The van der Waals surface area contributed by atoms with Crippen molar-refractivity contribution in [3.8, 4) is 0 Å². The molecule has 2 rings (SSSR count). The first-order valence-corrected chi connectivity index (χ1v) is 8.68. The van der Waals surface area contributed by atoms with Gasteiger partial charge in [0.05, 0.1) is 9.37 Å². The molecule has 0 aliphatic heterocycles. The number of sulfonamides is 1. The van der Waals surface area contributed by atoms with E-state index in [4.69, 9.17) is 11.6 Å². The highest BCUT2D eigenvalue weighted by Gasteiger charge is 2.20. The van der Waals surface area contributed by atoms with Gasteiger partial charge in [-0.1, -0.05) is 29.8 Å². The lowest BCUT2D eigenvalue weighted by molar-refractivity contribution is 0.563. The van der Waals surface area contributed by atoms with Gasteiger partial charge in [0.15, 0.2) is 0 Å². The number of hydrogen-bond donors (Lipinski definition) is 1. The van der Waals surface area contributed by atoms with Crippen LogP contribution in [0.5, 0.6) is 0 Å². The van der Waals surface area contributed by atoms with E-state index in [1.54, 1.807) is 31.2 Å². The molecule has 1 N–H and O–H groups in total. The van der Waals surface area contributed by atoms with Crippen molar-refractivity contribution in [1.82, 2.24) is 4.72 Å². The number of hydrogen-bond acceptors (Lipinski definition) is 2. The van der Waals surface area contributed by atoms with Crippen molar-refractivity contribution in [2.75, 3.05) is 0 Å². The second-order valence-corrected chi connectivity index (χ2v) is 7.42. The normalized spacial score (nSPS) is 13.1. The summed E-state index contributed by atoms with van der Waals surface area (Å²) >= 11 is 9.02. The lowest BCUT2D eigenvalue weighted by Crippen LogP contribution is -2.27. The molecule has 0 heterocycles. The SMILES string of the molecule is CC(NS(=O)(=O)c1ccc(Br)c(F)c1)c1ccccc1Cl. The summed E-state index contributed by atoms with van der Waals surface area (Å²) in [5.74, 6) is -0.636. The van der Waals surface area contributed by atoms with E-state index in [-0.39, 0.29) is 9.37 Å². The zero-order chi connectivity index (χ0) is 15.6. The summed E-state index contributed by atoms with van der Waals surface area (Å²) in [6.07, 6.45) is 0. The highest BCUT2D eigenvalue weighted by molar-refractivity contribution is 9.10. The molecule has 3 nitrogen and oxygen atoms in total. The summed E-state index contributed by atoms with van der Waals surface area (Å²) in [4.78, 5) is -0.137. The maximum absolute atomic E-state index is 13.5. The predicted octanol–water partition coefficient (Wildman–Crippen LogP) is 4.28. The van der Waals surface area contributed by atoms with Gasteiger partial charge in [-0.25, -0.2) is 17.5 Å². The average Bonchev–Trinajstić information content (AvgIpc) is 2.41. The highest BCUT2D eigenvalue weighted by Crippen LogP contribution is 2.25. The van der Waals surface area contributed by atoms with Gasteiger partial charge < -0.3 is 0 Å². The largest absolute Gasteiger partial charge is 0.241 e. The van der Waals surface area contributed by atoms with Crippen molar-refractivity contribution < 1.29 is 12.8 Å². The van der Waals surface area contributed by atoms with Crippen LogP contribution in [0.4, 0.5) is 4.39 Å². The number of nitrogens with one attached hydrogen (secondary N) is 1. The van der Waals surface area contributed by atoms with E-state index in [1.165, 1.54) is 12.1 Å². The lowest BCUT2D eigenvalue weighted by Gasteiger charge is -2.16. The molecule has 1 unspecified atom stereocenters. The zero-order valence-electron chi connectivity index (χ0n) is 11.0. The minimum atomic E-state index is -3.83. The van der Waals surface area contributed by atoms with Crippen molar-refractivity contribution in [2.45, 2.75) is 17.9 Å². The molecule has 0 saturated carbocycles. The van der Waals surface area contributed by atoms with Gasteiger partial charge in [-0.2, -0.15) is 0 Å². The minimum Gasteiger partial charge on any atom is -0.207 e. The molecular weight excluding hydrogens is 381 g/mol. The summed E-state index contributed by atoms with van der Waals surface area (Å²) < 4.78 is 40.7. The van der Waals surface area contributed by atoms with Crippen LogP contribution in [0.3, 0.4) is 0 Å². The molecule has 2 aromatic rings. The first-order chi connectivity index (χ1) is 9.81. The van der Waals surface area contributed by atoms with Crippen LogP contribution >= 0.6 is 27.5 Å². The van der Waals surface area contributed by atoms with E-state index in [9.17, 15) is 12.8 Å². The Hall–Kier alpha value is -0.950. The van der Waals surface area contributed by atoms with Crippen LogP contribution in [-0.4, -0.2) is 8.42 Å². The Morgan fingerprint density at radius 1 is 1.24 bits per heavy atom. The molecule has 2 aromatic carbocycles. The van der Waals surface area contributed by atoms with Gasteiger partial charge in [0, 0.05) is 11.1 Å². The van der Waals surface area contributed by atoms with Crippen molar-refractivity contribution in [3.63, 3.8) is 0 Å². The number of benzene rings is 2. The average molecular weight is 393 g/mol. The molecule has 0 amide bonds. The zero-order valence-corrected chi connectivity index (χ0v) is 14.1. The van der Waals surface area contributed by atoms with Crippen molar-refractivity contribution in [3.05, 3.63) is 63.3 Å². The van der Waals surface area contributed by atoms with Gasteiger partial charge in [0.1, 0.15) is 5.82 Å².